The molecular weight excluding hydrogens is 298 g/mol. The van der Waals surface area contributed by atoms with Gasteiger partial charge in [-0.1, -0.05) is 0 Å². The summed E-state index contributed by atoms with van der Waals surface area (Å²) in [5.41, 5.74) is 2.26. The lowest BCUT2D eigenvalue weighted by Gasteiger charge is -2.04. The molecule has 2 rings (SSSR count). The summed E-state index contributed by atoms with van der Waals surface area (Å²) in [7, 11) is 1.36. The van der Waals surface area contributed by atoms with Crippen molar-refractivity contribution >= 4 is 27.6 Å². The third kappa shape index (κ3) is 3.10. The summed E-state index contributed by atoms with van der Waals surface area (Å²) in [6.45, 7) is 0.584. The first-order valence-corrected chi connectivity index (χ1v) is 6.10. The number of aromatic nitrogens is 2. The molecule has 0 fully saturated rings. The van der Waals surface area contributed by atoms with Crippen molar-refractivity contribution in [2.75, 3.05) is 12.4 Å². The van der Waals surface area contributed by atoms with Crippen molar-refractivity contribution in [3.63, 3.8) is 0 Å². The lowest BCUT2D eigenvalue weighted by molar-refractivity contribution is 0.0594. The highest BCUT2D eigenvalue weighted by molar-refractivity contribution is 9.10. The predicted octanol–water partition coefficient (Wildman–Crippen LogP) is 2.57. The van der Waals surface area contributed by atoms with E-state index in [9.17, 15) is 4.79 Å². The van der Waals surface area contributed by atoms with Crippen LogP contribution in [0.25, 0.3) is 0 Å². The van der Waals surface area contributed by atoms with Crippen molar-refractivity contribution in [3.05, 3.63) is 46.5 Å². The maximum Gasteiger partial charge on any atom is 0.354 e. The van der Waals surface area contributed by atoms with Gasteiger partial charge in [0.1, 0.15) is 10.3 Å². The van der Waals surface area contributed by atoms with Gasteiger partial charge in [-0.05, 0) is 40.2 Å². The number of rotatable bonds is 4. The summed E-state index contributed by atoms with van der Waals surface area (Å²) < 4.78 is 5.41. The predicted molar refractivity (Wildman–Crippen MR) is 71.4 cm³/mol. The Morgan fingerprint density at radius 3 is 2.94 bits per heavy atom. The number of methoxy groups -OCH3 is 1. The van der Waals surface area contributed by atoms with Crippen molar-refractivity contribution in [3.8, 4) is 0 Å². The van der Waals surface area contributed by atoms with Crippen molar-refractivity contribution in [1.29, 1.82) is 0 Å². The van der Waals surface area contributed by atoms with Crippen molar-refractivity contribution in [1.82, 2.24) is 9.97 Å². The van der Waals surface area contributed by atoms with Gasteiger partial charge in [0.05, 0.1) is 25.5 Å². The van der Waals surface area contributed by atoms with E-state index in [4.69, 9.17) is 0 Å². The topological polar surface area (TPSA) is 67.0 Å². The van der Waals surface area contributed by atoms with Gasteiger partial charge in [-0.2, -0.15) is 0 Å². The summed E-state index contributed by atoms with van der Waals surface area (Å²) in [6.07, 6.45) is 1.73. The van der Waals surface area contributed by atoms with Crippen LogP contribution in [0.2, 0.25) is 0 Å². The molecule has 0 unspecified atom stereocenters. The summed E-state index contributed by atoms with van der Waals surface area (Å²) in [4.78, 5) is 18.3. The average molecular weight is 310 g/mol. The molecule has 0 aliphatic heterocycles. The number of pyridine rings is 1. The van der Waals surface area contributed by atoms with Crippen LogP contribution in [0.4, 0.5) is 5.69 Å². The van der Waals surface area contributed by atoms with Crippen molar-refractivity contribution < 1.29 is 9.53 Å². The molecule has 2 N–H and O–H groups in total. The Balaban J connectivity index is 1.96. The number of carbonyl (C=O) groups excluding carboxylic acids is 1. The third-order valence-electron chi connectivity index (χ3n) is 2.36. The SMILES string of the molecule is COC(=O)c1ccc(CNc2ccc(Br)nc2)[nH]1. The molecule has 0 aliphatic rings. The van der Waals surface area contributed by atoms with E-state index in [1.165, 1.54) is 7.11 Å². The Bertz CT molecular complexity index is 537. The molecule has 0 amide bonds. The summed E-state index contributed by atoms with van der Waals surface area (Å²) in [5, 5.41) is 3.19. The molecule has 5 nitrogen and oxygen atoms in total. The maximum atomic E-state index is 11.2. The van der Waals surface area contributed by atoms with Gasteiger partial charge in [0.25, 0.3) is 0 Å². The molecule has 0 atom stereocenters. The molecule has 0 aliphatic carbocycles. The lowest BCUT2D eigenvalue weighted by Crippen LogP contribution is -2.03. The largest absolute Gasteiger partial charge is 0.464 e. The smallest absolute Gasteiger partial charge is 0.354 e. The van der Waals surface area contributed by atoms with E-state index >= 15 is 0 Å². The minimum atomic E-state index is -0.369. The first-order valence-electron chi connectivity index (χ1n) is 5.30. The van der Waals surface area contributed by atoms with Crippen LogP contribution in [0.5, 0.6) is 0 Å². The maximum absolute atomic E-state index is 11.2. The van der Waals surface area contributed by atoms with Gasteiger partial charge in [-0.15, -0.1) is 0 Å². The molecule has 0 saturated carbocycles. The van der Waals surface area contributed by atoms with E-state index in [0.29, 0.717) is 12.2 Å². The molecule has 0 spiro atoms. The van der Waals surface area contributed by atoms with Gasteiger partial charge < -0.3 is 15.0 Å². The van der Waals surface area contributed by atoms with Crippen LogP contribution in [0, 0.1) is 0 Å². The number of anilines is 1. The molecule has 0 radical (unpaired) electrons. The zero-order chi connectivity index (χ0) is 13.0. The fourth-order valence-electron chi connectivity index (χ4n) is 1.45. The Kier molecular flexibility index (Phi) is 3.99. The van der Waals surface area contributed by atoms with Crippen LogP contribution < -0.4 is 5.32 Å². The molecule has 18 heavy (non-hydrogen) atoms. The summed E-state index contributed by atoms with van der Waals surface area (Å²) in [5.74, 6) is -0.369. The van der Waals surface area contributed by atoms with Crippen LogP contribution in [0.1, 0.15) is 16.2 Å². The van der Waals surface area contributed by atoms with Gasteiger partial charge >= 0.3 is 5.97 Å². The molecule has 2 aromatic heterocycles. The Morgan fingerprint density at radius 2 is 2.28 bits per heavy atom. The van der Waals surface area contributed by atoms with Gasteiger partial charge in [0, 0.05) is 5.69 Å². The van der Waals surface area contributed by atoms with E-state index in [0.717, 1.165) is 16.0 Å². The highest BCUT2D eigenvalue weighted by Crippen LogP contribution is 2.12. The van der Waals surface area contributed by atoms with Gasteiger partial charge in [-0.3, -0.25) is 0 Å². The Morgan fingerprint density at radius 1 is 1.44 bits per heavy atom. The number of ether oxygens (including phenoxy) is 1. The number of aromatic amines is 1. The molecule has 2 aromatic rings. The highest BCUT2D eigenvalue weighted by Gasteiger charge is 2.07. The normalized spacial score (nSPS) is 10.1. The van der Waals surface area contributed by atoms with E-state index in [2.05, 4.69) is 36.0 Å². The quantitative estimate of drug-likeness (QED) is 0.673. The summed E-state index contributed by atoms with van der Waals surface area (Å²) >= 11 is 3.27. The first kappa shape index (κ1) is 12.6. The zero-order valence-electron chi connectivity index (χ0n) is 9.74. The van der Waals surface area contributed by atoms with Crippen LogP contribution in [-0.2, 0) is 11.3 Å². The van der Waals surface area contributed by atoms with Gasteiger partial charge in [0.15, 0.2) is 0 Å². The minimum Gasteiger partial charge on any atom is -0.464 e. The van der Waals surface area contributed by atoms with Crippen LogP contribution in [0.15, 0.2) is 35.1 Å². The van der Waals surface area contributed by atoms with E-state index in [1.54, 1.807) is 12.3 Å². The third-order valence-corrected chi connectivity index (χ3v) is 2.83. The van der Waals surface area contributed by atoms with Gasteiger partial charge in [0.2, 0.25) is 0 Å². The monoisotopic (exact) mass is 309 g/mol. The summed E-state index contributed by atoms with van der Waals surface area (Å²) in [6, 6.07) is 7.31. The minimum absolute atomic E-state index is 0.369. The molecule has 0 saturated heterocycles. The fourth-order valence-corrected chi connectivity index (χ4v) is 1.68. The standard InChI is InChI=1S/C12H12BrN3O2/c1-18-12(17)10-4-2-9(16-10)7-14-8-3-5-11(13)15-6-8/h2-6,14,16H,7H2,1H3. The number of H-pyrrole nitrogens is 1. The first-order chi connectivity index (χ1) is 8.69. The Labute approximate surface area is 113 Å². The fraction of sp³-hybridized carbons (Fsp3) is 0.167. The number of nitrogens with zero attached hydrogens (tertiary/aromatic N) is 1. The highest BCUT2D eigenvalue weighted by atomic mass is 79.9. The second-order valence-electron chi connectivity index (χ2n) is 3.61. The average Bonchev–Trinajstić information content (AvgIpc) is 2.86. The van der Waals surface area contributed by atoms with E-state index in [-0.39, 0.29) is 5.97 Å². The zero-order valence-corrected chi connectivity index (χ0v) is 11.3. The van der Waals surface area contributed by atoms with E-state index in [1.807, 2.05) is 18.2 Å². The molecule has 94 valence electrons. The lowest BCUT2D eigenvalue weighted by atomic mass is 10.4. The van der Waals surface area contributed by atoms with Crippen molar-refractivity contribution in [2.24, 2.45) is 0 Å². The van der Waals surface area contributed by atoms with Crippen LogP contribution in [0.3, 0.4) is 0 Å². The van der Waals surface area contributed by atoms with Crippen LogP contribution in [-0.4, -0.2) is 23.0 Å². The number of nitrogens with one attached hydrogen (secondary N) is 2. The number of hydrogen-bond donors (Lipinski definition) is 2. The number of hydrogen-bond acceptors (Lipinski definition) is 4. The second-order valence-corrected chi connectivity index (χ2v) is 4.42. The number of halogens is 1. The van der Waals surface area contributed by atoms with Gasteiger partial charge in [-0.25, -0.2) is 9.78 Å². The van der Waals surface area contributed by atoms with Crippen molar-refractivity contribution in [2.45, 2.75) is 6.54 Å². The molecule has 2 heterocycles. The second kappa shape index (κ2) is 5.68. The molecular formula is C12H12BrN3O2. The Hall–Kier alpha value is -1.82. The number of carbonyl (C=O) groups is 1. The number of esters is 1. The molecule has 0 bridgehead atoms. The van der Waals surface area contributed by atoms with Crippen LogP contribution >= 0.6 is 15.9 Å². The molecule has 6 heteroatoms. The molecule has 0 aromatic carbocycles. The van der Waals surface area contributed by atoms with E-state index < -0.39 is 0 Å².